The summed E-state index contributed by atoms with van der Waals surface area (Å²) >= 11 is 0. The number of hydrogen-bond donors (Lipinski definition) is 1. The first-order chi connectivity index (χ1) is 10.3. The molecule has 2 aromatic carbocycles. The van der Waals surface area contributed by atoms with E-state index in [0.717, 1.165) is 11.8 Å². The quantitative estimate of drug-likeness (QED) is 0.793. The van der Waals surface area contributed by atoms with Crippen LogP contribution in [-0.2, 0) is 0 Å². The van der Waals surface area contributed by atoms with E-state index in [1.807, 2.05) is 12.1 Å². The molecule has 0 spiro atoms. The normalized spacial score (nSPS) is 20.4. The van der Waals surface area contributed by atoms with Crippen LogP contribution < -0.4 is 5.32 Å². The Morgan fingerprint density at radius 1 is 1.00 bits per heavy atom. The van der Waals surface area contributed by atoms with Crippen molar-refractivity contribution in [2.45, 2.75) is 18.4 Å². The zero-order valence-electron chi connectivity index (χ0n) is 11.3. The van der Waals surface area contributed by atoms with E-state index in [-0.39, 0.29) is 5.82 Å². The van der Waals surface area contributed by atoms with Gasteiger partial charge in [0.25, 0.3) is 0 Å². The zero-order valence-corrected chi connectivity index (χ0v) is 11.3. The minimum atomic E-state index is -0.312. The van der Waals surface area contributed by atoms with Gasteiger partial charge in [-0.2, -0.15) is 0 Å². The average molecular weight is 279 g/mol. The van der Waals surface area contributed by atoms with Crippen molar-refractivity contribution in [3.8, 4) is 0 Å². The molecule has 2 unspecified atom stereocenters. The molecule has 1 N–H and O–H groups in total. The second kappa shape index (κ2) is 4.81. The average Bonchev–Trinajstić information content (AvgIpc) is 3.29. The van der Waals surface area contributed by atoms with Crippen LogP contribution in [0.4, 0.5) is 10.2 Å². The zero-order chi connectivity index (χ0) is 14.2. The number of hydrogen-bond acceptors (Lipinski definition) is 3. The summed E-state index contributed by atoms with van der Waals surface area (Å²) in [6.45, 7) is 0. The summed E-state index contributed by atoms with van der Waals surface area (Å²) in [5, 5.41) is 4.15. The molecular formula is C17H14FN3. The van der Waals surface area contributed by atoms with Gasteiger partial charge in [0.2, 0.25) is 0 Å². The number of para-hydroxylation sites is 1. The maximum atomic E-state index is 13.7. The van der Waals surface area contributed by atoms with E-state index in [1.165, 1.54) is 18.0 Å². The lowest BCUT2D eigenvalue weighted by Gasteiger charge is -2.08. The van der Waals surface area contributed by atoms with Crippen LogP contribution >= 0.6 is 0 Å². The number of anilines is 1. The molecule has 0 aliphatic heterocycles. The molecule has 0 amide bonds. The Hall–Kier alpha value is -2.49. The van der Waals surface area contributed by atoms with Gasteiger partial charge in [0.15, 0.2) is 0 Å². The molecule has 3 aromatic rings. The molecule has 104 valence electrons. The van der Waals surface area contributed by atoms with E-state index in [1.54, 1.807) is 6.07 Å². The van der Waals surface area contributed by atoms with Gasteiger partial charge in [0, 0.05) is 17.3 Å². The van der Waals surface area contributed by atoms with Gasteiger partial charge >= 0.3 is 0 Å². The molecule has 0 radical (unpaired) electrons. The van der Waals surface area contributed by atoms with Crippen LogP contribution in [0.3, 0.4) is 0 Å². The van der Waals surface area contributed by atoms with Gasteiger partial charge in [-0.25, -0.2) is 14.4 Å². The van der Waals surface area contributed by atoms with Crippen LogP contribution in [0.2, 0.25) is 0 Å². The first-order valence-electron chi connectivity index (χ1n) is 7.03. The van der Waals surface area contributed by atoms with Crippen LogP contribution in [-0.4, -0.2) is 16.0 Å². The Bertz CT molecular complexity index is 788. The highest BCUT2D eigenvalue weighted by Gasteiger charge is 2.38. The van der Waals surface area contributed by atoms with E-state index >= 15 is 0 Å². The predicted octanol–water partition coefficient (Wildman–Crippen LogP) is 3.74. The molecule has 1 aliphatic rings. The highest BCUT2D eigenvalue weighted by molar-refractivity contribution is 5.89. The van der Waals surface area contributed by atoms with Crippen molar-refractivity contribution < 1.29 is 4.39 Å². The van der Waals surface area contributed by atoms with Crippen molar-refractivity contribution in [3.05, 3.63) is 66.2 Å². The third-order valence-electron chi connectivity index (χ3n) is 3.96. The molecule has 4 heteroatoms. The lowest BCUT2D eigenvalue weighted by molar-refractivity contribution is 0.636. The second-order valence-corrected chi connectivity index (χ2v) is 5.36. The smallest absolute Gasteiger partial charge is 0.149 e. The molecule has 0 bridgehead atoms. The molecule has 1 saturated carbocycles. The molecular weight excluding hydrogens is 265 g/mol. The van der Waals surface area contributed by atoms with Crippen LogP contribution in [0.15, 0.2) is 54.9 Å². The number of rotatable bonds is 3. The van der Waals surface area contributed by atoms with Crippen molar-refractivity contribution in [1.29, 1.82) is 0 Å². The summed E-state index contributed by atoms with van der Waals surface area (Å²) in [4.78, 5) is 8.29. The molecule has 1 aliphatic carbocycles. The standard InChI is InChI=1S/C17H14FN3/c18-14-8-4-7-12-16(14)19-10-20-17(12)21-15-9-13(15)11-5-2-1-3-6-11/h1-8,10,13,15H,9H2,(H,19,20,21). The monoisotopic (exact) mass is 279 g/mol. The summed E-state index contributed by atoms with van der Waals surface area (Å²) < 4.78 is 13.7. The summed E-state index contributed by atoms with van der Waals surface area (Å²) in [6, 6.07) is 15.7. The summed E-state index contributed by atoms with van der Waals surface area (Å²) in [6.07, 6.45) is 2.48. The van der Waals surface area contributed by atoms with E-state index in [0.29, 0.717) is 23.3 Å². The van der Waals surface area contributed by atoms with E-state index in [2.05, 4.69) is 39.6 Å². The fourth-order valence-electron chi connectivity index (χ4n) is 2.77. The third kappa shape index (κ3) is 2.23. The number of benzene rings is 2. The summed E-state index contributed by atoms with van der Waals surface area (Å²) in [5.41, 5.74) is 1.70. The minimum absolute atomic E-state index is 0.312. The summed E-state index contributed by atoms with van der Waals surface area (Å²) in [5.74, 6) is 0.904. The Morgan fingerprint density at radius 2 is 1.86 bits per heavy atom. The lowest BCUT2D eigenvalue weighted by atomic mass is 10.1. The Morgan fingerprint density at radius 3 is 2.71 bits per heavy atom. The van der Waals surface area contributed by atoms with E-state index in [9.17, 15) is 4.39 Å². The molecule has 0 saturated heterocycles. The van der Waals surface area contributed by atoms with Crippen LogP contribution in [0.25, 0.3) is 10.9 Å². The highest BCUT2D eigenvalue weighted by Crippen LogP contribution is 2.43. The van der Waals surface area contributed by atoms with E-state index < -0.39 is 0 Å². The van der Waals surface area contributed by atoms with Crippen molar-refractivity contribution >= 4 is 16.7 Å². The number of nitrogens with one attached hydrogen (secondary N) is 1. The summed E-state index contributed by atoms with van der Waals surface area (Å²) in [7, 11) is 0. The Labute approximate surface area is 121 Å². The molecule has 1 aromatic heterocycles. The van der Waals surface area contributed by atoms with E-state index in [4.69, 9.17) is 0 Å². The maximum Gasteiger partial charge on any atom is 0.149 e. The predicted molar refractivity (Wildman–Crippen MR) is 80.7 cm³/mol. The topological polar surface area (TPSA) is 37.8 Å². The Kier molecular flexibility index (Phi) is 2.81. The van der Waals surface area contributed by atoms with Gasteiger partial charge in [-0.05, 0) is 24.1 Å². The van der Waals surface area contributed by atoms with Crippen LogP contribution in [0, 0.1) is 5.82 Å². The molecule has 2 atom stereocenters. The van der Waals surface area contributed by atoms with Crippen molar-refractivity contribution in [1.82, 2.24) is 9.97 Å². The maximum absolute atomic E-state index is 13.7. The van der Waals surface area contributed by atoms with Gasteiger partial charge in [-0.3, -0.25) is 0 Å². The number of nitrogens with zero attached hydrogens (tertiary/aromatic N) is 2. The van der Waals surface area contributed by atoms with Crippen molar-refractivity contribution in [2.75, 3.05) is 5.32 Å². The first kappa shape index (κ1) is 12.3. The Balaban J connectivity index is 1.61. The van der Waals surface area contributed by atoms with Crippen molar-refractivity contribution in [2.24, 2.45) is 0 Å². The van der Waals surface area contributed by atoms with Crippen LogP contribution in [0.1, 0.15) is 17.9 Å². The van der Waals surface area contributed by atoms with Gasteiger partial charge in [-0.15, -0.1) is 0 Å². The number of fused-ring (bicyclic) bond motifs is 1. The lowest BCUT2D eigenvalue weighted by Crippen LogP contribution is -2.07. The SMILES string of the molecule is Fc1cccc2c(NC3CC3c3ccccc3)ncnc12. The fraction of sp³-hybridized carbons (Fsp3) is 0.176. The van der Waals surface area contributed by atoms with Gasteiger partial charge in [-0.1, -0.05) is 36.4 Å². The minimum Gasteiger partial charge on any atom is -0.366 e. The highest BCUT2D eigenvalue weighted by atomic mass is 19.1. The van der Waals surface area contributed by atoms with Crippen molar-refractivity contribution in [3.63, 3.8) is 0 Å². The molecule has 4 rings (SSSR count). The van der Waals surface area contributed by atoms with Gasteiger partial charge in [0.1, 0.15) is 23.5 Å². The number of halogens is 1. The first-order valence-corrected chi connectivity index (χ1v) is 7.03. The fourth-order valence-corrected chi connectivity index (χ4v) is 2.77. The molecule has 1 heterocycles. The number of aromatic nitrogens is 2. The molecule has 1 fully saturated rings. The van der Waals surface area contributed by atoms with Gasteiger partial charge < -0.3 is 5.32 Å². The largest absolute Gasteiger partial charge is 0.366 e. The second-order valence-electron chi connectivity index (χ2n) is 5.36. The molecule has 3 nitrogen and oxygen atoms in total. The third-order valence-corrected chi connectivity index (χ3v) is 3.96. The van der Waals surface area contributed by atoms with Gasteiger partial charge in [0.05, 0.1) is 0 Å². The molecule has 21 heavy (non-hydrogen) atoms. The van der Waals surface area contributed by atoms with Crippen LogP contribution in [0.5, 0.6) is 0 Å².